The van der Waals surface area contributed by atoms with E-state index in [1.807, 2.05) is 71.3 Å². The lowest BCUT2D eigenvalue weighted by molar-refractivity contribution is -0.116. The second-order valence-electron chi connectivity index (χ2n) is 9.05. The molecule has 0 saturated heterocycles. The summed E-state index contributed by atoms with van der Waals surface area (Å²) in [6, 6.07) is 22.9. The van der Waals surface area contributed by atoms with Gasteiger partial charge >= 0.3 is 0 Å². The molecule has 0 radical (unpaired) electrons. The van der Waals surface area contributed by atoms with Crippen LogP contribution in [0, 0.1) is 0 Å². The van der Waals surface area contributed by atoms with E-state index in [1.54, 1.807) is 4.57 Å². The van der Waals surface area contributed by atoms with Gasteiger partial charge in [-0.1, -0.05) is 30.3 Å². The molecule has 0 aliphatic carbocycles. The van der Waals surface area contributed by atoms with Gasteiger partial charge in [0.25, 0.3) is 5.56 Å². The van der Waals surface area contributed by atoms with Crippen molar-refractivity contribution >= 4 is 33.4 Å². The third-order valence-corrected chi connectivity index (χ3v) is 6.89. The van der Waals surface area contributed by atoms with E-state index in [2.05, 4.69) is 26.6 Å². The topological polar surface area (TPSA) is 110 Å². The number of hydrogen-bond donors (Lipinski definition) is 2. The molecule has 1 aliphatic heterocycles. The molecule has 6 aromatic rings. The van der Waals surface area contributed by atoms with Gasteiger partial charge in [-0.15, -0.1) is 0 Å². The molecule has 3 aromatic carbocycles. The van der Waals surface area contributed by atoms with Crippen molar-refractivity contribution in [1.82, 2.24) is 29.3 Å². The Balaban J connectivity index is 1.29. The average Bonchev–Trinajstić information content (AvgIpc) is 3.57. The van der Waals surface area contributed by atoms with Gasteiger partial charge in [-0.05, 0) is 54.4 Å². The van der Waals surface area contributed by atoms with E-state index in [1.165, 1.54) is 6.33 Å². The van der Waals surface area contributed by atoms with Crippen LogP contribution in [0.2, 0.25) is 0 Å². The Hall–Kier alpha value is -5.05. The Labute approximate surface area is 210 Å². The minimum Gasteiger partial charge on any atom is -0.328 e. The van der Waals surface area contributed by atoms with Gasteiger partial charge in [0.05, 0.1) is 16.6 Å². The van der Waals surface area contributed by atoms with Crippen molar-refractivity contribution in [2.75, 3.05) is 5.32 Å². The molecular formula is C28H21N7O2. The number of aryl methyl sites for hydroxylation is 1. The van der Waals surface area contributed by atoms with E-state index in [0.29, 0.717) is 41.2 Å². The molecule has 0 atom stereocenters. The summed E-state index contributed by atoms with van der Waals surface area (Å²) in [5, 5.41) is 11.4. The molecule has 3 aromatic heterocycles. The van der Waals surface area contributed by atoms with E-state index >= 15 is 0 Å². The molecule has 4 heterocycles. The summed E-state index contributed by atoms with van der Waals surface area (Å²) >= 11 is 0. The van der Waals surface area contributed by atoms with E-state index < -0.39 is 0 Å². The summed E-state index contributed by atoms with van der Waals surface area (Å²) < 4.78 is 3.72. The molecule has 9 heteroatoms. The first-order chi connectivity index (χ1) is 18.2. The predicted molar refractivity (Wildman–Crippen MR) is 141 cm³/mol. The van der Waals surface area contributed by atoms with Crippen molar-refractivity contribution in [3.63, 3.8) is 0 Å². The van der Waals surface area contributed by atoms with Crippen LogP contribution in [0.25, 0.3) is 44.7 Å². The van der Waals surface area contributed by atoms with E-state index in [0.717, 1.165) is 27.7 Å². The fourth-order valence-corrected chi connectivity index (χ4v) is 5.23. The van der Waals surface area contributed by atoms with Crippen molar-refractivity contribution in [2.24, 2.45) is 0 Å². The molecule has 0 bridgehead atoms. The number of H-pyrrole nitrogens is 1. The van der Waals surface area contributed by atoms with Crippen LogP contribution >= 0.6 is 0 Å². The SMILES string of the molecule is O=C(Cn1c2c(c3ccccc31)CCn1c-2nc2ccccc2c1=O)Nc1ccc(-c2ncn[nH]2)cc1. The third kappa shape index (κ3) is 3.43. The van der Waals surface area contributed by atoms with Crippen molar-refractivity contribution < 1.29 is 4.79 Å². The maximum atomic E-state index is 13.3. The molecular weight excluding hydrogens is 466 g/mol. The summed E-state index contributed by atoms with van der Waals surface area (Å²) in [5.74, 6) is 1.10. The lowest BCUT2D eigenvalue weighted by atomic mass is 10.0. The smallest absolute Gasteiger partial charge is 0.261 e. The predicted octanol–water partition coefficient (Wildman–Crippen LogP) is 4.00. The number of nitrogens with zero attached hydrogens (tertiary/aromatic N) is 5. The van der Waals surface area contributed by atoms with E-state index in [4.69, 9.17) is 4.98 Å². The van der Waals surface area contributed by atoms with Gasteiger partial charge in [0.1, 0.15) is 12.9 Å². The first-order valence-corrected chi connectivity index (χ1v) is 12.0. The number of anilines is 1. The molecule has 1 aliphatic rings. The maximum absolute atomic E-state index is 13.3. The van der Waals surface area contributed by atoms with Crippen LogP contribution in [0.15, 0.2) is 83.9 Å². The van der Waals surface area contributed by atoms with Crippen molar-refractivity contribution in [3.8, 4) is 22.9 Å². The molecule has 180 valence electrons. The third-order valence-electron chi connectivity index (χ3n) is 6.89. The Morgan fingerprint density at radius 2 is 1.76 bits per heavy atom. The lowest BCUT2D eigenvalue weighted by Gasteiger charge is -2.21. The number of para-hydroxylation sites is 2. The molecule has 0 saturated carbocycles. The molecule has 2 N–H and O–H groups in total. The number of amides is 1. The summed E-state index contributed by atoms with van der Waals surface area (Å²) in [4.78, 5) is 35.6. The fraction of sp³-hybridized carbons (Fsp3) is 0.107. The number of hydrogen-bond acceptors (Lipinski definition) is 5. The van der Waals surface area contributed by atoms with Gasteiger partial charge in [0.15, 0.2) is 11.6 Å². The van der Waals surface area contributed by atoms with E-state index in [-0.39, 0.29) is 18.0 Å². The molecule has 7 rings (SSSR count). The number of carbonyl (C=O) groups excluding carboxylic acids is 1. The van der Waals surface area contributed by atoms with Gasteiger partial charge < -0.3 is 9.88 Å². The zero-order valence-corrected chi connectivity index (χ0v) is 19.7. The van der Waals surface area contributed by atoms with Crippen molar-refractivity contribution in [2.45, 2.75) is 19.5 Å². The zero-order valence-electron chi connectivity index (χ0n) is 19.7. The second-order valence-corrected chi connectivity index (χ2v) is 9.05. The van der Waals surface area contributed by atoms with Crippen LogP contribution in [0.1, 0.15) is 5.56 Å². The highest BCUT2D eigenvalue weighted by Crippen LogP contribution is 2.36. The van der Waals surface area contributed by atoms with Gasteiger partial charge in [-0.2, -0.15) is 5.10 Å². The lowest BCUT2D eigenvalue weighted by Crippen LogP contribution is -2.29. The monoisotopic (exact) mass is 487 g/mol. The number of aromatic amines is 1. The molecule has 9 nitrogen and oxygen atoms in total. The first kappa shape index (κ1) is 21.3. The highest BCUT2D eigenvalue weighted by Gasteiger charge is 2.28. The normalized spacial score (nSPS) is 12.4. The Morgan fingerprint density at radius 1 is 0.973 bits per heavy atom. The van der Waals surface area contributed by atoms with Crippen LogP contribution in [0.4, 0.5) is 5.69 Å². The molecule has 1 amide bonds. The number of carbonyl (C=O) groups is 1. The van der Waals surface area contributed by atoms with Crippen LogP contribution in [-0.4, -0.2) is 35.2 Å². The summed E-state index contributed by atoms with van der Waals surface area (Å²) in [6.45, 7) is 0.638. The van der Waals surface area contributed by atoms with Crippen LogP contribution < -0.4 is 10.9 Å². The summed E-state index contributed by atoms with van der Waals surface area (Å²) in [5.41, 5.74) is 5.03. The molecule has 0 unspecified atom stereocenters. The molecule has 0 fully saturated rings. The molecule has 0 spiro atoms. The Kier molecular flexibility index (Phi) is 4.75. The summed E-state index contributed by atoms with van der Waals surface area (Å²) in [6.07, 6.45) is 2.15. The number of fused-ring (bicyclic) bond motifs is 6. The van der Waals surface area contributed by atoms with Crippen molar-refractivity contribution in [3.05, 3.63) is 95.0 Å². The second kappa shape index (κ2) is 8.27. The van der Waals surface area contributed by atoms with Gasteiger partial charge in [0.2, 0.25) is 5.91 Å². The largest absolute Gasteiger partial charge is 0.328 e. The standard InChI is InChI=1S/C28H21N7O2/c36-24(31-18-11-9-17(10-12-18)26-29-16-30-33-26)15-35-23-8-4-2-5-19(23)20-13-14-34-27(25(20)35)32-22-7-3-1-6-21(22)28(34)37/h1-12,16H,13-15H2,(H,31,36)(H,29,30,33). The fourth-order valence-electron chi connectivity index (χ4n) is 5.23. The van der Waals surface area contributed by atoms with Gasteiger partial charge in [0, 0.05) is 28.7 Å². The molecule has 37 heavy (non-hydrogen) atoms. The number of nitrogens with one attached hydrogen (secondary N) is 2. The van der Waals surface area contributed by atoms with Gasteiger partial charge in [-0.3, -0.25) is 19.3 Å². The quantitative estimate of drug-likeness (QED) is 0.391. The highest BCUT2D eigenvalue weighted by molar-refractivity contribution is 5.96. The zero-order chi connectivity index (χ0) is 24.9. The highest BCUT2D eigenvalue weighted by atomic mass is 16.2. The van der Waals surface area contributed by atoms with Crippen LogP contribution in [-0.2, 0) is 24.3 Å². The van der Waals surface area contributed by atoms with Crippen LogP contribution in [0.5, 0.6) is 0 Å². The van der Waals surface area contributed by atoms with E-state index in [9.17, 15) is 9.59 Å². The van der Waals surface area contributed by atoms with Crippen LogP contribution in [0.3, 0.4) is 0 Å². The number of benzene rings is 3. The number of rotatable bonds is 4. The average molecular weight is 488 g/mol. The Morgan fingerprint density at radius 3 is 2.57 bits per heavy atom. The van der Waals surface area contributed by atoms with Gasteiger partial charge in [-0.25, -0.2) is 9.97 Å². The number of aromatic nitrogens is 6. The minimum atomic E-state index is -0.170. The van der Waals surface area contributed by atoms with Crippen molar-refractivity contribution in [1.29, 1.82) is 0 Å². The first-order valence-electron chi connectivity index (χ1n) is 12.0. The maximum Gasteiger partial charge on any atom is 0.261 e. The Bertz CT molecular complexity index is 1870. The summed E-state index contributed by atoms with van der Waals surface area (Å²) in [7, 11) is 0. The minimum absolute atomic E-state index is 0.0562.